The first-order valence-electron chi connectivity index (χ1n) is 7.70. The first-order chi connectivity index (χ1) is 12.2. The van der Waals surface area contributed by atoms with Gasteiger partial charge in [0.25, 0.3) is 0 Å². The number of hydrogen-bond acceptors (Lipinski definition) is 2. The summed E-state index contributed by atoms with van der Waals surface area (Å²) in [6.45, 7) is 0. The number of aliphatic imine (C=N–C) groups is 1. The highest BCUT2D eigenvalue weighted by molar-refractivity contribution is 9.10. The lowest BCUT2D eigenvalue weighted by Crippen LogP contribution is -1.95. The van der Waals surface area contributed by atoms with Crippen LogP contribution in [-0.4, -0.2) is 5.71 Å². The molecule has 0 unspecified atom stereocenters. The minimum atomic E-state index is 0.717. The molecule has 3 aromatic carbocycles. The minimum Gasteiger partial charge on any atom is -0.248 e. The van der Waals surface area contributed by atoms with Crippen LogP contribution in [0.4, 0.5) is 5.69 Å². The molecule has 1 nitrogen and oxygen atoms in total. The molecule has 0 aliphatic carbocycles. The summed E-state index contributed by atoms with van der Waals surface area (Å²) in [7, 11) is 0. The molecule has 0 aliphatic heterocycles. The average molecular weight is 429 g/mol. The summed E-state index contributed by atoms with van der Waals surface area (Å²) >= 11 is 11.2. The normalized spacial score (nSPS) is 11.8. The fourth-order valence-corrected chi connectivity index (χ4v) is 3.54. The van der Waals surface area contributed by atoms with E-state index in [2.05, 4.69) is 27.4 Å². The number of hydrogen-bond donors (Lipinski definition) is 0. The van der Waals surface area contributed by atoms with Gasteiger partial charge in [-0.15, -0.1) is 0 Å². The zero-order valence-corrected chi connectivity index (χ0v) is 16.4. The van der Waals surface area contributed by atoms with Crippen molar-refractivity contribution in [3.05, 3.63) is 105 Å². The minimum absolute atomic E-state index is 0.717. The lowest BCUT2D eigenvalue weighted by atomic mass is 10.1. The third-order valence-electron chi connectivity index (χ3n) is 3.40. The van der Waals surface area contributed by atoms with Gasteiger partial charge in [0.2, 0.25) is 0 Å². The number of thioether (sulfide) groups is 1. The van der Waals surface area contributed by atoms with E-state index in [1.807, 2.05) is 78.9 Å². The Labute approximate surface area is 165 Å². The lowest BCUT2D eigenvalue weighted by molar-refractivity contribution is 1.42. The summed E-state index contributed by atoms with van der Waals surface area (Å²) < 4.78 is 1.08. The van der Waals surface area contributed by atoms with Crippen LogP contribution in [0.1, 0.15) is 5.56 Å². The third-order valence-corrected chi connectivity index (χ3v) is 5.49. The predicted octanol–water partition coefficient (Wildman–Crippen LogP) is 7.53. The van der Waals surface area contributed by atoms with E-state index in [9.17, 15) is 0 Å². The monoisotopic (exact) mass is 427 g/mol. The lowest BCUT2D eigenvalue weighted by Gasteiger charge is -2.04. The van der Waals surface area contributed by atoms with Crippen molar-refractivity contribution in [1.29, 1.82) is 0 Å². The Morgan fingerprint density at radius 2 is 1.56 bits per heavy atom. The summed E-state index contributed by atoms with van der Waals surface area (Å²) in [5.41, 5.74) is 2.84. The van der Waals surface area contributed by atoms with Gasteiger partial charge < -0.3 is 0 Å². The number of allylic oxidation sites excluding steroid dienone is 1. The molecule has 0 spiro atoms. The summed E-state index contributed by atoms with van der Waals surface area (Å²) in [6, 6.07) is 25.8. The molecule has 0 saturated carbocycles. The maximum absolute atomic E-state index is 6.01. The van der Waals surface area contributed by atoms with Gasteiger partial charge in [0.1, 0.15) is 0 Å². The molecule has 25 heavy (non-hydrogen) atoms. The summed E-state index contributed by atoms with van der Waals surface area (Å²) in [4.78, 5) is 5.93. The van der Waals surface area contributed by atoms with Crippen LogP contribution in [0.3, 0.4) is 0 Å². The van der Waals surface area contributed by atoms with Crippen molar-refractivity contribution in [2.75, 3.05) is 0 Å². The molecule has 0 fully saturated rings. The van der Waals surface area contributed by atoms with E-state index in [4.69, 9.17) is 16.6 Å². The van der Waals surface area contributed by atoms with Crippen LogP contribution in [0, 0.1) is 0 Å². The molecular formula is C21H15BrClNS. The van der Waals surface area contributed by atoms with Crippen LogP contribution in [0.25, 0.3) is 0 Å². The number of benzene rings is 3. The molecule has 0 N–H and O–H groups in total. The van der Waals surface area contributed by atoms with E-state index < -0.39 is 0 Å². The van der Waals surface area contributed by atoms with Crippen LogP contribution >= 0.6 is 39.3 Å². The zero-order chi connectivity index (χ0) is 17.5. The quantitative estimate of drug-likeness (QED) is 0.302. The molecule has 0 saturated heterocycles. The maximum atomic E-state index is 6.01. The van der Waals surface area contributed by atoms with E-state index >= 15 is 0 Å². The van der Waals surface area contributed by atoms with Gasteiger partial charge in [0.05, 0.1) is 11.4 Å². The predicted molar refractivity (Wildman–Crippen MR) is 113 cm³/mol. The van der Waals surface area contributed by atoms with Gasteiger partial charge in [0.15, 0.2) is 0 Å². The highest BCUT2D eigenvalue weighted by atomic mass is 79.9. The molecule has 0 aliphatic rings. The van der Waals surface area contributed by atoms with Crippen molar-refractivity contribution >= 4 is 50.7 Å². The Kier molecular flexibility index (Phi) is 6.51. The smallest absolute Gasteiger partial charge is 0.0714 e. The molecule has 0 aromatic heterocycles. The largest absolute Gasteiger partial charge is 0.248 e. The van der Waals surface area contributed by atoms with Crippen molar-refractivity contribution in [2.24, 2.45) is 4.99 Å². The first-order valence-corrected chi connectivity index (χ1v) is 9.75. The van der Waals surface area contributed by atoms with Crippen molar-refractivity contribution in [3.63, 3.8) is 0 Å². The number of rotatable bonds is 5. The van der Waals surface area contributed by atoms with Gasteiger partial charge in [-0.1, -0.05) is 65.8 Å². The van der Waals surface area contributed by atoms with Crippen LogP contribution in [0.2, 0.25) is 5.02 Å². The number of para-hydroxylation sites is 1. The maximum Gasteiger partial charge on any atom is 0.0714 e. The molecule has 124 valence electrons. The van der Waals surface area contributed by atoms with E-state index in [1.54, 1.807) is 11.8 Å². The summed E-state index contributed by atoms with van der Waals surface area (Å²) in [6.07, 6.45) is 2.03. The summed E-state index contributed by atoms with van der Waals surface area (Å²) in [5, 5.41) is 2.77. The summed E-state index contributed by atoms with van der Waals surface area (Å²) in [5.74, 6) is 0. The Balaban J connectivity index is 1.88. The van der Waals surface area contributed by atoms with Crippen molar-refractivity contribution in [2.45, 2.75) is 4.90 Å². The molecule has 0 amide bonds. The average Bonchev–Trinajstić information content (AvgIpc) is 2.64. The number of nitrogens with zero attached hydrogens (tertiary/aromatic N) is 1. The van der Waals surface area contributed by atoms with E-state index in [-0.39, 0.29) is 0 Å². The SMILES string of the molecule is Clc1ccc(C(C=CSc2ccccc2Br)=Nc2ccccc2)cc1. The van der Waals surface area contributed by atoms with Crippen LogP contribution < -0.4 is 0 Å². The second kappa shape index (κ2) is 9.04. The van der Waals surface area contributed by atoms with Gasteiger partial charge >= 0.3 is 0 Å². The van der Waals surface area contributed by atoms with Gasteiger partial charge in [-0.25, -0.2) is 4.99 Å². The highest BCUT2D eigenvalue weighted by Crippen LogP contribution is 2.28. The molecule has 0 atom stereocenters. The van der Waals surface area contributed by atoms with Crippen LogP contribution in [-0.2, 0) is 0 Å². The van der Waals surface area contributed by atoms with E-state index in [1.165, 1.54) is 0 Å². The molecule has 3 rings (SSSR count). The van der Waals surface area contributed by atoms with Crippen molar-refractivity contribution < 1.29 is 0 Å². The van der Waals surface area contributed by atoms with E-state index in [0.717, 1.165) is 31.4 Å². The second-order valence-corrected chi connectivity index (χ2v) is 7.43. The van der Waals surface area contributed by atoms with Crippen molar-refractivity contribution in [3.8, 4) is 0 Å². The molecule has 0 heterocycles. The Morgan fingerprint density at radius 1 is 0.880 bits per heavy atom. The van der Waals surface area contributed by atoms with E-state index in [0.29, 0.717) is 0 Å². The molecule has 4 heteroatoms. The van der Waals surface area contributed by atoms with Crippen LogP contribution in [0.5, 0.6) is 0 Å². The molecule has 3 aromatic rings. The second-order valence-electron chi connectivity index (χ2n) is 5.19. The van der Waals surface area contributed by atoms with Crippen molar-refractivity contribution in [1.82, 2.24) is 0 Å². The first kappa shape index (κ1) is 18.0. The van der Waals surface area contributed by atoms with Gasteiger partial charge in [0, 0.05) is 20.0 Å². The molecule has 0 radical (unpaired) electrons. The highest BCUT2D eigenvalue weighted by Gasteiger charge is 2.02. The zero-order valence-electron chi connectivity index (χ0n) is 13.3. The van der Waals surface area contributed by atoms with Gasteiger partial charge in [-0.05, 0) is 63.8 Å². The molecule has 0 bridgehead atoms. The van der Waals surface area contributed by atoms with Gasteiger partial charge in [-0.3, -0.25) is 0 Å². The Bertz CT molecular complexity index is 889. The Hall–Kier alpha value is -1.81. The third kappa shape index (κ3) is 5.33. The van der Waals surface area contributed by atoms with Crippen LogP contribution in [0.15, 0.2) is 105 Å². The Morgan fingerprint density at radius 3 is 2.28 bits per heavy atom. The number of halogens is 2. The van der Waals surface area contributed by atoms with Gasteiger partial charge in [-0.2, -0.15) is 0 Å². The molecular weight excluding hydrogens is 414 g/mol. The topological polar surface area (TPSA) is 12.4 Å². The standard InChI is InChI=1S/C21H15BrClNS/c22-19-8-4-5-9-21(19)25-15-14-20(16-10-12-17(23)13-11-16)24-18-6-2-1-3-7-18/h1-15H. The fraction of sp³-hybridized carbons (Fsp3) is 0. The fourth-order valence-electron chi connectivity index (χ4n) is 2.17.